The highest BCUT2D eigenvalue weighted by atomic mass is 127. The van der Waals surface area contributed by atoms with Gasteiger partial charge in [-0.05, 0) is 41.1 Å². The van der Waals surface area contributed by atoms with Gasteiger partial charge in [-0.2, -0.15) is 13.2 Å². The molecular weight excluding hydrogens is 339 g/mol. The van der Waals surface area contributed by atoms with Gasteiger partial charge in [0.1, 0.15) is 5.82 Å². The number of hydrogen-bond donors (Lipinski definition) is 1. The predicted molar refractivity (Wildman–Crippen MR) is 61.4 cm³/mol. The van der Waals surface area contributed by atoms with Crippen LogP contribution in [0.4, 0.5) is 23.4 Å². The molecule has 0 aliphatic heterocycles. The molecule has 0 unspecified atom stereocenters. The lowest BCUT2D eigenvalue weighted by molar-refractivity contribution is -0.191. The molecule has 90 valence electrons. The van der Waals surface area contributed by atoms with Gasteiger partial charge < -0.3 is 5.32 Å². The van der Waals surface area contributed by atoms with Gasteiger partial charge in [0.15, 0.2) is 0 Å². The Morgan fingerprint density at radius 1 is 1.31 bits per heavy atom. The van der Waals surface area contributed by atoms with Crippen LogP contribution in [0.1, 0.15) is 11.1 Å². The van der Waals surface area contributed by atoms with E-state index >= 15 is 0 Å². The molecule has 16 heavy (non-hydrogen) atoms. The average molecular weight is 348 g/mol. The van der Waals surface area contributed by atoms with Crippen molar-refractivity contribution in [2.75, 3.05) is 12.4 Å². The van der Waals surface area contributed by atoms with Crippen LogP contribution in [0.5, 0.6) is 0 Å². The first kappa shape index (κ1) is 13.5. The zero-order chi connectivity index (χ0) is 12.6. The number of aryl methyl sites for hydroxylation is 1. The number of nitrogens with zero attached hydrogens (tertiary/aromatic N) is 1. The van der Waals surface area contributed by atoms with Crippen LogP contribution < -0.4 is 5.32 Å². The van der Waals surface area contributed by atoms with E-state index < -0.39 is 15.4 Å². The van der Waals surface area contributed by atoms with E-state index in [1.165, 1.54) is 0 Å². The smallest absolute Gasteiger partial charge is 0.373 e. The number of halogens is 5. The van der Waals surface area contributed by atoms with Crippen molar-refractivity contribution in [1.29, 1.82) is 0 Å². The highest BCUT2D eigenvalue weighted by molar-refractivity contribution is 14.1. The molecule has 1 N–H and O–H groups in total. The zero-order valence-electron chi connectivity index (χ0n) is 8.49. The minimum absolute atomic E-state index is 0.429. The van der Waals surface area contributed by atoms with Crippen molar-refractivity contribution in [3.8, 4) is 0 Å². The van der Waals surface area contributed by atoms with Crippen molar-refractivity contribution in [2.24, 2.45) is 0 Å². The van der Waals surface area contributed by atoms with Crippen LogP contribution in [0.25, 0.3) is 0 Å². The maximum atomic E-state index is 13.5. The summed E-state index contributed by atoms with van der Waals surface area (Å²) in [5, 5.41) is 2.70. The third-order valence-electron chi connectivity index (χ3n) is 2.03. The van der Waals surface area contributed by atoms with Gasteiger partial charge >= 0.3 is 6.18 Å². The molecule has 0 saturated heterocycles. The molecule has 1 atom stereocenters. The van der Waals surface area contributed by atoms with E-state index in [0.717, 1.165) is 34.9 Å². The topological polar surface area (TPSA) is 24.9 Å². The van der Waals surface area contributed by atoms with Crippen LogP contribution in [0.3, 0.4) is 0 Å². The van der Waals surface area contributed by atoms with Crippen molar-refractivity contribution in [3.63, 3.8) is 0 Å². The Morgan fingerprint density at radius 2 is 1.88 bits per heavy atom. The Labute approximate surface area is 104 Å². The third-order valence-corrected chi connectivity index (χ3v) is 3.27. The van der Waals surface area contributed by atoms with Crippen LogP contribution in [-0.4, -0.2) is 18.2 Å². The highest BCUT2D eigenvalue weighted by Crippen LogP contribution is 2.48. The minimum atomic E-state index is -4.96. The monoisotopic (exact) mass is 348 g/mol. The first-order chi connectivity index (χ1) is 7.20. The second kappa shape index (κ2) is 4.34. The molecule has 0 aliphatic rings. The van der Waals surface area contributed by atoms with Gasteiger partial charge in [-0.25, -0.2) is 9.37 Å². The van der Waals surface area contributed by atoms with Crippen LogP contribution in [0, 0.1) is 6.92 Å². The van der Waals surface area contributed by atoms with Crippen molar-refractivity contribution in [3.05, 3.63) is 23.4 Å². The molecule has 0 spiro atoms. The maximum absolute atomic E-state index is 13.5. The molecular formula is C9H9F4IN2. The van der Waals surface area contributed by atoms with Crippen molar-refractivity contribution >= 4 is 28.4 Å². The molecule has 0 aromatic carbocycles. The number of aromatic nitrogens is 1. The Morgan fingerprint density at radius 3 is 2.25 bits per heavy atom. The van der Waals surface area contributed by atoms with Crippen LogP contribution in [0.15, 0.2) is 12.3 Å². The molecule has 1 aromatic rings. The Balaban J connectivity index is 3.20. The summed E-state index contributed by atoms with van der Waals surface area (Å²) in [6, 6.07) is 1.14. The summed E-state index contributed by atoms with van der Waals surface area (Å²) in [5.41, 5.74) is -0.0416. The number of anilines is 1. The van der Waals surface area contributed by atoms with Crippen molar-refractivity contribution < 1.29 is 17.6 Å². The summed E-state index contributed by atoms with van der Waals surface area (Å²) in [6.07, 6.45) is -4.07. The molecule has 1 rings (SSSR count). The second-order valence-electron chi connectivity index (χ2n) is 3.21. The first-order valence-electron chi connectivity index (χ1n) is 4.29. The van der Waals surface area contributed by atoms with Crippen LogP contribution in [0.2, 0.25) is 0 Å². The number of nitrogens with one attached hydrogen (secondary N) is 1. The zero-order valence-corrected chi connectivity index (χ0v) is 10.6. The fourth-order valence-electron chi connectivity index (χ4n) is 1.17. The standard InChI is InChI=1S/C9H9F4IN2/c1-5-3-6(4-16-7(5)15-2)8(10,14)9(11,12)13/h3-4H,1-2H3,(H,15,16)/t8-/m1/s1. The lowest BCUT2D eigenvalue weighted by Crippen LogP contribution is -2.32. The molecule has 1 heterocycles. The quantitative estimate of drug-likeness (QED) is 0.502. The third kappa shape index (κ3) is 2.38. The molecule has 0 amide bonds. The van der Waals surface area contributed by atoms with Crippen molar-refractivity contribution in [2.45, 2.75) is 16.8 Å². The van der Waals surface area contributed by atoms with Gasteiger partial charge in [0, 0.05) is 18.8 Å². The van der Waals surface area contributed by atoms with Gasteiger partial charge in [-0.3, -0.25) is 0 Å². The molecule has 0 radical (unpaired) electrons. The molecule has 0 saturated carbocycles. The molecule has 7 heteroatoms. The fourth-order valence-corrected chi connectivity index (χ4v) is 1.47. The largest absolute Gasteiger partial charge is 0.436 e. The van der Waals surface area contributed by atoms with Gasteiger partial charge in [-0.15, -0.1) is 0 Å². The number of alkyl halides is 5. The summed E-state index contributed by atoms with van der Waals surface area (Å²) < 4.78 is 47.4. The fraction of sp³-hybridized carbons (Fsp3) is 0.444. The van der Waals surface area contributed by atoms with E-state index in [4.69, 9.17) is 0 Å². The summed E-state index contributed by atoms with van der Waals surface area (Å²) in [4.78, 5) is 3.72. The summed E-state index contributed by atoms with van der Waals surface area (Å²) in [5.74, 6) is 0.429. The van der Waals surface area contributed by atoms with Gasteiger partial charge in [0.2, 0.25) is 0 Å². The Hall–Kier alpha value is -0.600. The van der Waals surface area contributed by atoms with E-state index in [1.54, 1.807) is 14.0 Å². The lowest BCUT2D eigenvalue weighted by Gasteiger charge is -2.22. The molecule has 0 bridgehead atoms. The lowest BCUT2D eigenvalue weighted by atomic mass is 10.1. The van der Waals surface area contributed by atoms with Crippen molar-refractivity contribution in [1.82, 2.24) is 4.98 Å². The summed E-state index contributed by atoms with van der Waals surface area (Å²) >= 11 is 0.737. The van der Waals surface area contributed by atoms with Crippen LogP contribution in [-0.2, 0) is 3.68 Å². The van der Waals surface area contributed by atoms with Gasteiger partial charge in [-0.1, -0.05) is 0 Å². The summed E-state index contributed by atoms with van der Waals surface area (Å²) in [6.45, 7) is 1.56. The number of pyridine rings is 1. The van der Waals surface area contributed by atoms with Crippen LogP contribution >= 0.6 is 22.6 Å². The average Bonchev–Trinajstić information content (AvgIpc) is 2.15. The summed E-state index contributed by atoms with van der Waals surface area (Å²) in [7, 11) is 1.59. The van der Waals surface area contributed by atoms with Gasteiger partial charge in [0.05, 0.1) is 0 Å². The first-order valence-corrected chi connectivity index (χ1v) is 5.37. The van der Waals surface area contributed by atoms with E-state index in [9.17, 15) is 17.6 Å². The Kier molecular flexibility index (Phi) is 3.65. The number of rotatable bonds is 2. The molecule has 1 aromatic heterocycles. The normalized spacial score (nSPS) is 15.7. The second-order valence-corrected chi connectivity index (χ2v) is 4.70. The SMILES string of the molecule is CNc1ncc([C@@](F)(I)C(F)(F)F)cc1C. The number of hydrogen-bond acceptors (Lipinski definition) is 2. The predicted octanol–water partition coefficient (Wildman–Crippen LogP) is 3.55. The maximum Gasteiger partial charge on any atom is 0.436 e. The van der Waals surface area contributed by atoms with E-state index in [1.807, 2.05) is 0 Å². The molecule has 0 aliphatic carbocycles. The van der Waals surface area contributed by atoms with Gasteiger partial charge in [0.25, 0.3) is 3.68 Å². The van der Waals surface area contributed by atoms with E-state index in [2.05, 4.69) is 10.3 Å². The highest BCUT2D eigenvalue weighted by Gasteiger charge is 2.55. The minimum Gasteiger partial charge on any atom is -0.373 e. The van der Waals surface area contributed by atoms with E-state index in [0.29, 0.717) is 11.4 Å². The molecule has 2 nitrogen and oxygen atoms in total. The molecule has 0 fully saturated rings. The Bertz CT molecular complexity index is 390. The van der Waals surface area contributed by atoms with E-state index in [-0.39, 0.29) is 0 Å².